The van der Waals surface area contributed by atoms with Crippen LogP contribution in [0.5, 0.6) is 5.75 Å². The standard InChI is InChI=1S/C32H37F6NO3/c1-18(30(40)41)29(22-4-5-22)23-6-3-21-7-9-25(42-28(21)16-23)15-20-11-13-39(14-12-20)19(2)26-17-24(31(33,34)35)8-10-27(26)32(36,37)38/h3,6,8,10,16-20,22,25,29H,4-5,7,9,11-15H2,1-2H3,(H,40,41)/t18-,19+,25?,29-/m0/s1. The van der Waals surface area contributed by atoms with Crippen LogP contribution in [0.25, 0.3) is 0 Å². The summed E-state index contributed by atoms with van der Waals surface area (Å²) in [6.07, 6.45) is -3.48. The van der Waals surface area contributed by atoms with Crippen molar-refractivity contribution in [1.29, 1.82) is 0 Å². The number of rotatable bonds is 8. The summed E-state index contributed by atoms with van der Waals surface area (Å²) < 4.78 is 87.4. The average Bonchev–Trinajstić information content (AvgIpc) is 3.77. The molecule has 5 rings (SSSR count). The molecule has 42 heavy (non-hydrogen) atoms. The van der Waals surface area contributed by atoms with Crippen LogP contribution < -0.4 is 4.74 Å². The Kier molecular flexibility index (Phi) is 8.58. The molecule has 4 nitrogen and oxygen atoms in total. The number of ether oxygens (including phenoxy) is 1. The molecule has 0 radical (unpaired) electrons. The number of piperidine rings is 1. The molecular weight excluding hydrogens is 560 g/mol. The molecule has 2 aromatic carbocycles. The van der Waals surface area contributed by atoms with Gasteiger partial charge in [-0.15, -0.1) is 0 Å². The summed E-state index contributed by atoms with van der Waals surface area (Å²) in [4.78, 5) is 13.6. The first-order valence-corrected chi connectivity index (χ1v) is 14.8. The van der Waals surface area contributed by atoms with E-state index in [1.54, 1.807) is 13.8 Å². The van der Waals surface area contributed by atoms with Gasteiger partial charge in [0.25, 0.3) is 0 Å². The number of benzene rings is 2. The lowest BCUT2D eigenvalue weighted by atomic mass is 9.82. The lowest BCUT2D eigenvalue weighted by Gasteiger charge is -2.38. The fourth-order valence-corrected chi connectivity index (χ4v) is 6.88. The van der Waals surface area contributed by atoms with E-state index < -0.39 is 41.4 Å². The highest BCUT2D eigenvalue weighted by Gasteiger charge is 2.41. The number of aliphatic carboxylic acids is 1. The maximum Gasteiger partial charge on any atom is 0.416 e. The number of carboxylic acids is 1. The molecule has 0 amide bonds. The van der Waals surface area contributed by atoms with Gasteiger partial charge in [-0.2, -0.15) is 26.3 Å². The summed E-state index contributed by atoms with van der Waals surface area (Å²) in [6, 6.07) is 6.97. The van der Waals surface area contributed by atoms with E-state index in [4.69, 9.17) is 4.74 Å². The van der Waals surface area contributed by atoms with Crippen molar-refractivity contribution in [3.05, 3.63) is 64.2 Å². The Morgan fingerprint density at radius 1 is 0.952 bits per heavy atom. The molecule has 2 fully saturated rings. The van der Waals surface area contributed by atoms with Crippen LogP contribution in [0, 0.1) is 17.8 Å². The maximum atomic E-state index is 13.7. The average molecular weight is 598 g/mol. The van der Waals surface area contributed by atoms with Crippen LogP contribution in [0.2, 0.25) is 0 Å². The first-order valence-electron chi connectivity index (χ1n) is 14.8. The second-order valence-corrected chi connectivity index (χ2v) is 12.3. The summed E-state index contributed by atoms with van der Waals surface area (Å²) >= 11 is 0. The van der Waals surface area contributed by atoms with Gasteiger partial charge < -0.3 is 9.84 Å². The summed E-state index contributed by atoms with van der Waals surface area (Å²) in [5.74, 6) is 0.153. The molecule has 1 N–H and O–H groups in total. The maximum absolute atomic E-state index is 13.7. The van der Waals surface area contributed by atoms with Crippen LogP contribution >= 0.6 is 0 Å². The van der Waals surface area contributed by atoms with E-state index >= 15 is 0 Å². The first-order chi connectivity index (χ1) is 19.7. The number of hydrogen-bond acceptors (Lipinski definition) is 3. The molecule has 0 bridgehead atoms. The van der Waals surface area contributed by atoms with E-state index in [2.05, 4.69) is 0 Å². The van der Waals surface area contributed by atoms with Crippen molar-refractivity contribution < 1.29 is 41.0 Å². The van der Waals surface area contributed by atoms with Gasteiger partial charge in [-0.1, -0.05) is 19.1 Å². The minimum absolute atomic E-state index is 0.0155. The molecule has 230 valence electrons. The lowest BCUT2D eigenvalue weighted by Crippen LogP contribution is -2.38. The van der Waals surface area contributed by atoms with Gasteiger partial charge in [-0.25, -0.2) is 0 Å². The molecule has 10 heteroatoms. The van der Waals surface area contributed by atoms with Crippen LogP contribution in [0.4, 0.5) is 26.3 Å². The molecular formula is C32H37F6NO3. The number of fused-ring (bicyclic) bond motifs is 1. The van der Waals surface area contributed by atoms with Crippen molar-refractivity contribution in [2.75, 3.05) is 13.1 Å². The Bertz CT molecular complexity index is 1280. The largest absolute Gasteiger partial charge is 0.490 e. The third-order valence-corrected chi connectivity index (χ3v) is 9.49. The predicted octanol–water partition coefficient (Wildman–Crippen LogP) is 8.50. The molecule has 1 unspecified atom stereocenters. The molecule has 1 aliphatic carbocycles. The summed E-state index contributed by atoms with van der Waals surface area (Å²) in [5.41, 5.74) is -0.341. The Labute approximate surface area is 242 Å². The van der Waals surface area contributed by atoms with Crippen LogP contribution in [0.1, 0.15) is 92.1 Å². The van der Waals surface area contributed by atoms with Crippen molar-refractivity contribution in [3.63, 3.8) is 0 Å². The first kappa shape index (κ1) is 30.7. The minimum Gasteiger partial charge on any atom is -0.490 e. The minimum atomic E-state index is -4.75. The van der Waals surface area contributed by atoms with E-state index in [9.17, 15) is 36.2 Å². The smallest absolute Gasteiger partial charge is 0.416 e. The quantitative estimate of drug-likeness (QED) is 0.310. The van der Waals surface area contributed by atoms with Crippen LogP contribution in [0.3, 0.4) is 0 Å². The topological polar surface area (TPSA) is 49.8 Å². The highest BCUT2D eigenvalue weighted by molar-refractivity contribution is 5.71. The Balaban J connectivity index is 1.22. The number of alkyl halides is 6. The van der Waals surface area contributed by atoms with Gasteiger partial charge >= 0.3 is 18.3 Å². The Morgan fingerprint density at radius 3 is 2.24 bits per heavy atom. The predicted molar refractivity (Wildman–Crippen MR) is 145 cm³/mol. The molecule has 3 aliphatic rings. The molecule has 2 aliphatic heterocycles. The molecule has 0 spiro atoms. The van der Waals surface area contributed by atoms with Gasteiger partial charge in [0.05, 0.1) is 23.1 Å². The van der Waals surface area contributed by atoms with Gasteiger partial charge in [0.2, 0.25) is 0 Å². The third-order valence-electron chi connectivity index (χ3n) is 9.49. The number of halogens is 6. The zero-order valence-corrected chi connectivity index (χ0v) is 23.8. The number of aryl methyl sites for hydroxylation is 1. The van der Waals surface area contributed by atoms with Gasteiger partial charge in [-0.05, 0) is 124 Å². The van der Waals surface area contributed by atoms with E-state index in [0.29, 0.717) is 37.2 Å². The lowest BCUT2D eigenvalue weighted by molar-refractivity contribution is -0.142. The zero-order chi connectivity index (χ0) is 30.4. The zero-order valence-electron chi connectivity index (χ0n) is 23.8. The van der Waals surface area contributed by atoms with E-state index in [1.807, 2.05) is 23.1 Å². The van der Waals surface area contributed by atoms with Crippen molar-refractivity contribution >= 4 is 5.97 Å². The molecule has 2 aromatic rings. The molecule has 2 heterocycles. The third kappa shape index (κ3) is 6.74. The van der Waals surface area contributed by atoms with Crippen molar-refractivity contribution in [3.8, 4) is 5.75 Å². The van der Waals surface area contributed by atoms with Crippen LogP contribution in [0.15, 0.2) is 36.4 Å². The second kappa shape index (κ2) is 11.7. The number of likely N-dealkylation sites (tertiary alicyclic amines) is 1. The molecule has 0 aromatic heterocycles. The van der Waals surface area contributed by atoms with Crippen molar-refractivity contribution in [2.24, 2.45) is 17.8 Å². The molecule has 1 saturated carbocycles. The monoisotopic (exact) mass is 597 g/mol. The Morgan fingerprint density at radius 2 is 1.64 bits per heavy atom. The van der Waals surface area contributed by atoms with Crippen molar-refractivity contribution in [1.82, 2.24) is 4.90 Å². The van der Waals surface area contributed by atoms with E-state index in [1.165, 1.54) is 0 Å². The van der Waals surface area contributed by atoms with Gasteiger partial charge in [-0.3, -0.25) is 9.69 Å². The van der Waals surface area contributed by atoms with E-state index in [0.717, 1.165) is 61.8 Å². The fraction of sp³-hybridized carbons (Fsp3) is 0.594. The van der Waals surface area contributed by atoms with Crippen molar-refractivity contribution in [2.45, 2.75) is 89.2 Å². The molecule has 4 atom stereocenters. The van der Waals surface area contributed by atoms with Crippen LogP contribution in [-0.2, 0) is 23.6 Å². The van der Waals surface area contributed by atoms with Gasteiger partial charge in [0.15, 0.2) is 0 Å². The molecule has 1 saturated heterocycles. The summed E-state index contributed by atoms with van der Waals surface area (Å²) in [6.45, 7) is 4.29. The second-order valence-electron chi connectivity index (χ2n) is 12.3. The van der Waals surface area contributed by atoms with Crippen LogP contribution in [-0.4, -0.2) is 35.2 Å². The fourth-order valence-electron chi connectivity index (χ4n) is 6.88. The van der Waals surface area contributed by atoms with E-state index in [-0.39, 0.29) is 23.5 Å². The number of carbonyl (C=O) groups is 1. The number of carboxylic acid groups (broad SMARTS) is 1. The normalized spacial score (nSPS) is 22.6. The Hall–Kier alpha value is -2.75. The summed E-state index contributed by atoms with van der Waals surface area (Å²) in [5, 5.41) is 9.63. The van der Waals surface area contributed by atoms with Gasteiger partial charge in [0, 0.05) is 6.04 Å². The highest BCUT2D eigenvalue weighted by Crippen LogP contribution is 2.48. The number of nitrogens with zero attached hydrogens (tertiary/aromatic N) is 1. The SMILES string of the molecule is C[C@H](C(=O)O)[C@H](c1ccc2c(c1)OC(CC1CCN([C@H](C)c3cc(C(F)(F)F)ccc3C(F)(F)F)CC1)CC2)C1CC1. The highest BCUT2D eigenvalue weighted by atomic mass is 19.4. The number of hydrogen-bond donors (Lipinski definition) is 1. The van der Waals surface area contributed by atoms with Gasteiger partial charge in [0.1, 0.15) is 5.75 Å². The summed E-state index contributed by atoms with van der Waals surface area (Å²) in [7, 11) is 0.